The average Bonchev–Trinajstić information content (AvgIpc) is 2.66. The number of piperazine rings is 1. The first-order valence-electron chi connectivity index (χ1n) is 8.80. The second-order valence-corrected chi connectivity index (χ2v) is 6.90. The molecule has 5 nitrogen and oxygen atoms in total. The first-order valence-corrected chi connectivity index (χ1v) is 9.18. The van der Waals surface area contributed by atoms with Crippen LogP contribution in [0.25, 0.3) is 0 Å². The molecule has 1 N–H and O–H groups in total. The van der Waals surface area contributed by atoms with Gasteiger partial charge < -0.3 is 10.2 Å². The normalized spacial score (nSPS) is 14.8. The lowest BCUT2D eigenvalue weighted by atomic mass is 10.1. The van der Waals surface area contributed by atoms with Gasteiger partial charge >= 0.3 is 0 Å². The van der Waals surface area contributed by atoms with Crippen molar-refractivity contribution in [2.75, 3.05) is 38.0 Å². The summed E-state index contributed by atoms with van der Waals surface area (Å²) in [6.45, 7) is 2.65. The standard InChI is InChI=1S/C20H21ClFN3O2/c21-17-3-1-2-4-18(17)23-19(26)14-24-9-11-25(12-10-24)20(27)13-15-5-7-16(22)8-6-15/h1-8H,9-14H2,(H,23,26). The molecule has 0 spiro atoms. The lowest BCUT2D eigenvalue weighted by Gasteiger charge is -2.34. The molecule has 0 saturated carbocycles. The van der Waals surface area contributed by atoms with Gasteiger partial charge in [0.25, 0.3) is 0 Å². The number of amides is 2. The van der Waals surface area contributed by atoms with Crippen molar-refractivity contribution in [3.05, 3.63) is 64.9 Å². The quantitative estimate of drug-likeness (QED) is 0.855. The van der Waals surface area contributed by atoms with E-state index in [2.05, 4.69) is 5.32 Å². The Balaban J connectivity index is 1.44. The highest BCUT2D eigenvalue weighted by atomic mass is 35.5. The van der Waals surface area contributed by atoms with Gasteiger partial charge in [0.05, 0.1) is 23.7 Å². The van der Waals surface area contributed by atoms with Crippen molar-refractivity contribution in [2.45, 2.75) is 6.42 Å². The Labute approximate surface area is 162 Å². The summed E-state index contributed by atoms with van der Waals surface area (Å²) in [5.41, 5.74) is 1.39. The van der Waals surface area contributed by atoms with Gasteiger partial charge in [0.15, 0.2) is 0 Å². The van der Waals surface area contributed by atoms with E-state index < -0.39 is 0 Å². The molecule has 1 heterocycles. The number of halogens is 2. The van der Waals surface area contributed by atoms with E-state index in [9.17, 15) is 14.0 Å². The Morgan fingerprint density at radius 3 is 2.33 bits per heavy atom. The molecule has 2 amide bonds. The Morgan fingerprint density at radius 2 is 1.67 bits per heavy atom. The molecular weight excluding hydrogens is 369 g/mol. The van der Waals surface area contributed by atoms with Crippen molar-refractivity contribution in [2.24, 2.45) is 0 Å². The van der Waals surface area contributed by atoms with Crippen LogP contribution in [0, 0.1) is 5.82 Å². The zero-order valence-corrected chi connectivity index (χ0v) is 15.6. The van der Waals surface area contributed by atoms with E-state index in [0.29, 0.717) is 36.9 Å². The number of hydrogen-bond donors (Lipinski definition) is 1. The molecule has 0 atom stereocenters. The van der Waals surface area contributed by atoms with E-state index in [-0.39, 0.29) is 30.6 Å². The third-order valence-electron chi connectivity index (χ3n) is 4.51. The summed E-state index contributed by atoms with van der Waals surface area (Å²) in [6, 6.07) is 13.1. The molecule has 2 aromatic rings. The predicted molar refractivity (Wildman–Crippen MR) is 103 cm³/mol. The molecule has 1 aliphatic rings. The molecule has 27 heavy (non-hydrogen) atoms. The van der Waals surface area contributed by atoms with Crippen molar-refractivity contribution in [3.63, 3.8) is 0 Å². The summed E-state index contributed by atoms with van der Waals surface area (Å²) in [4.78, 5) is 28.4. The highest BCUT2D eigenvalue weighted by Gasteiger charge is 2.22. The molecule has 0 bridgehead atoms. The number of nitrogens with zero attached hydrogens (tertiary/aromatic N) is 2. The fourth-order valence-electron chi connectivity index (χ4n) is 3.00. The summed E-state index contributed by atoms with van der Waals surface area (Å²) in [5, 5.41) is 3.31. The number of para-hydroxylation sites is 1. The van der Waals surface area contributed by atoms with Crippen molar-refractivity contribution in [1.82, 2.24) is 9.80 Å². The van der Waals surface area contributed by atoms with Gasteiger partial charge in [-0.05, 0) is 29.8 Å². The molecule has 0 unspecified atom stereocenters. The van der Waals surface area contributed by atoms with Crippen LogP contribution in [0.4, 0.5) is 10.1 Å². The maximum Gasteiger partial charge on any atom is 0.238 e. The first-order chi connectivity index (χ1) is 13.0. The third kappa shape index (κ3) is 5.52. The molecule has 3 rings (SSSR count). The van der Waals surface area contributed by atoms with Crippen LogP contribution in [0.1, 0.15) is 5.56 Å². The molecule has 1 saturated heterocycles. The van der Waals surface area contributed by atoms with E-state index >= 15 is 0 Å². The number of rotatable bonds is 5. The molecule has 142 valence electrons. The van der Waals surface area contributed by atoms with E-state index in [1.54, 1.807) is 35.2 Å². The van der Waals surface area contributed by atoms with Gasteiger partial charge in [-0.3, -0.25) is 14.5 Å². The van der Waals surface area contributed by atoms with E-state index in [1.807, 2.05) is 11.0 Å². The van der Waals surface area contributed by atoms with E-state index in [1.165, 1.54) is 12.1 Å². The number of anilines is 1. The SMILES string of the molecule is O=C(CN1CCN(C(=O)Cc2ccc(F)cc2)CC1)Nc1ccccc1Cl. The summed E-state index contributed by atoms with van der Waals surface area (Å²) < 4.78 is 12.9. The Kier molecular flexibility index (Phi) is 6.42. The van der Waals surface area contributed by atoms with Gasteiger partial charge in [0, 0.05) is 26.2 Å². The van der Waals surface area contributed by atoms with Crippen LogP contribution in [-0.4, -0.2) is 54.3 Å². The van der Waals surface area contributed by atoms with Gasteiger partial charge in [-0.25, -0.2) is 4.39 Å². The smallest absolute Gasteiger partial charge is 0.238 e. The Hall–Kier alpha value is -2.44. The van der Waals surface area contributed by atoms with Crippen molar-refractivity contribution in [1.29, 1.82) is 0 Å². The Bertz CT molecular complexity index is 805. The van der Waals surface area contributed by atoms with Gasteiger partial charge in [0.2, 0.25) is 11.8 Å². The second kappa shape index (κ2) is 8.97. The van der Waals surface area contributed by atoms with Crippen LogP contribution < -0.4 is 5.32 Å². The molecular formula is C20H21ClFN3O2. The van der Waals surface area contributed by atoms with Crippen LogP contribution in [0.5, 0.6) is 0 Å². The highest BCUT2D eigenvalue weighted by Crippen LogP contribution is 2.20. The van der Waals surface area contributed by atoms with Crippen LogP contribution in [0.15, 0.2) is 48.5 Å². The Morgan fingerprint density at radius 1 is 1.00 bits per heavy atom. The minimum atomic E-state index is -0.310. The van der Waals surface area contributed by atoms with Crippen LogP contribution in [0.3, 0.4) is 0 Å². The molecule has 1 fully saturated rings. The van der Waals surface area contributed by atoms with Gasteiger partial charge in [-0.15, -0.1) is 0 Å². The molecule has 7 heteroatoms. The largest absolute Gasteiger partial charge is 0.340 e. The summed E-state index contributed by atoms with van der Waals surface area (Å²) in [5.74, 6) is -0.425. The number of carbonyl (C=O) groups is 2. The van der Waals surface area contributed by atoms with Crippen LogP contribution >= 0.6 is 11.6 Å². The first kappa shape index (κ1) is 19.3. The second-order valence-electron chi connectivity index (χ2n) is 6.49. The highest BCUT2D eigenvalue weighted by molar-refractivity contribution is 6.33. The van der Waals surface area contributed by atoms with Crippen LogP contribution in [-0.2, 0) is 16.0 Å². The van der Waals surface area contributed by atoms with E-state index in [4.69, 9.17) is 11.6 Å². The maximum absolute atomic E-state index is 12.9. The number of nitrogens with one attached hydrogen (secondary N) is 1. The molecule has 0 aromatic heterocycles. The van der Waals surface area contributed by atoms with Crippen molar-refractivity contribution >= 4 is 29.1 Å². The molecule has 1 aliphatic heterocycles. The minimum Gasteiger partial charge on any atom is -0.340 e. The number of hydrogen-bond acceptors (Lipinski definition) is 3. The fourth-order valence-corrected chi connectivity index (χ4v) is 3.18. The van der Waals surface area contributed by atoms with Gasteiger partial charge in [-0.2, -0.15) is 0 Å². The zero-order valence-electron chi connectivity index (χ0n) is 14.8. The molecule has 0 radical (unpaired) electrons. The molecule has 0 aliphatic carbocycles. The lowest BCUT2D eigenvalue weighted by molar-refractivity contribution is -0.132. The lowest BCUT2D eigenvalue weighted by Crippen LogP contribution is -2.50. The average molecular weight is 390 g/mol. The van der Waals surface area contributed by atoms with Crippen LogP contribution in [0.2, 0.25) is 5.02 Å². The predicted octanol–water partition coefficient (Wildman–Crippen LogP) is 2.80. The molecule has 2 aromatic carbocycles. The van der Waals surface area contributed by atoms with E-state index in [0.717, 1.165) is 5.56 Å². The summed E-state index contributed by atoms with van der Waals surface area (Å²) in [6.07, 6.45) is 0.257. The summed E-state index contributed by atoms with van der Waals surface area (Å²) >= 11 is 6.05. The van der Waals surface area contributed by atoms with Crippen molar-refractivity contribution in [3.8, 4) is 0 Å². The van der Waals surface area contributed by atoms with Gasteiger partial charge in [0.1, 0.15) is 5.82 Å². The summed E-state index contributed by atoms with van der Waals surface area (Å²) in [7, 11) is 0. The number of carbonyl (C=O) groups excluding carboxylic acids is 2. The third-order valence-corrected chi connectivity index (χ3v) is 4.84. The van der Waals surface area contributed by atoms with Crippen molar-refractivity contribution < 1.29 is 14.0 Å². The fraction of sp³-hybridized carbons (Fsp3) is 0.300. The monoisotopic (exact) mass is 389 g/mol. The number of benzene rings is 2. The zero-order chi connectivity index (χ0) is 19.2. The van der Waals surface area contributed by atoms with Gasteiger partial charge in [-0.1, -0.05) is 35.9 Å². The minimum absolute atomic E-state index is 0.0155. The topological polar surface area (TPSA) is 52.7 Å². The maximum atomic E-state index is 12.9.